The lowest BCUT2D eigenvalue weighted by Crippen LogP contribution is -2.60. The molecule has 0 spiro atoms. The molecule has 15 heteroatoms. The third-order valence-corrected chi connectivity index (χ3v) is 8.60. The summed E-state index contributed by atoms with van der Waals surface area (Å²) in [6.45, 7) is 9.89. The standard InChI is InChI=1S/C33H38F6N4O5/c1-7-8-22-15-24(31(47,32(34,35)36)33(37,38)39)11-14-26(22)41-16-21(5)42(17-20(41)4)27(44)18-43-28(45)30(6,40-29(43)46)23-9-12-25(13-10-23)48-19(2)3/h7-15,19-21,47H,16-18H2,1-6H3,(H,40,46)/t20?,21-,30+/m0/s1. The van der Waals surface area contributed by atoms with Crippen LogP contribution in [0.4, 0.5) is 36.8 Å². The van der Waals surface area contributed by atoms with Crippen molar-refractivity contribution in [2.75, 3.05) is 24.5 Å². The molecular weight excluding hydrogens is 646 g/mol. The maximum absolute atomic E-state index is 13.6. The van der Waals surface area contributed by atoms with Crippen LogP contribution in [0.5, 0.6) is 5.75 Å². The highest BCUT2D eigenvalue weighted by atomic mass is 19.4. The highest BCUT2D eigenvalue weighted by Gasteiger charge is 2.71. The molecule has 2 saturated heterocycles. The van der Waals surface area contributed by atoms with E-state index < -0.39 is 65.5 Å². The molecule has 4 rings (SSSR count). The van der Waals surface area contributed by atoms with Gasteiger partial charge < -0.3 is 25.0 Å². The number of nitrogens with one attached hydrogen (secondary N) is 1. The smallest absolute Gasteiger partial charge is 0.430 e. The van der Waals surface area contributed by atoms with Gasteiger partial charge in [0.25, 0.3) is 11.5 Å². The quantitative estimate of drug-likeness (QED) is 0.273. The Morgan fingerprint density at radius 1 is 1.02 bits per heavy atom. The lowest BCUT2D eigenvalue weighted by molar-refractivity contribution is -0.376. The normalized spacial score (nSPS) is 22.6. The minimum absolute atomic E-state index is 0.00294. The summed E-state index contributed by atoms with van der Waals surface area (Å²) in [6.07, 6.45) is -9.36. The summed E-state index contributed by atoms with van der Waals surface area (Å²) in [7, 11) is 0. The third kappa shape index (κ3) is 6.56. The van der Waals surface area contributed by atoms with E-state index in [-0.39, 0.29) is 24.8 Å². The number of hydrogen-bond acceptors (Lipinski definition) is 6. The second-order valence-corrected chi connectivity index (χ2v) is 12.5. The molecular formula is C33H38F6N4O5. The van der Waals surface area contributed by atoms with Gasteiger partial charge in [0.1, 0.15) is 17.8 Å². The maximum atomic E-state index is 13.6. The average molecular weight is 685 g/mol. The summed E-state index contributed by atoms with van der Waals surface area (Å²) in [5.41, 5.74) is -7.10. The monoisotopic (exact) mass is 684 g/mol. The van der Waals surface area contributed by atoms with Crippen LogP contribution in [0.15, 0.2) is 48.5 Å². The molecule has 262 valence electrons. The largest absolute Gasteiger partial charge is 0.491 e. The molecule has 2 heterocycles. The fourth-order valence-corrected chi connectivity index (χ4v) is 6.05. The van der Waals surface area contributed by atoms with E-state index in [1.54, 1.807) is 43.0 Å². The summed E-state index contributed by atoms with van der Waals surface area (Å²) in [5, 5.41) is 12.6. The van der Waals surface area contributed by atoms with Crippen LogP contribution < -0.4 is 15.0 Å². The van der Waals surface area contributed by atoms with Crippen LogP contribution in [0.1, 0.15) is 58.2 Å². The van der Waals surface area contributed by atoms with E-state index >= 15 is 0 Å². The number of benzene rings is 2. The lowest BCUT2D eigenvalue weighted by Gasteiger charge is -2.46. The molecule has 48 heavy (non-hydrogen) atoms. The number of imide groups is 1. The fourth-order valence-electron chi connectivity index (χ4n) is 6.05. The van der Waals surface area contributed by atoms with E-state index in [1.165, 1.54) is 30.9 Å². The first kappa shape index (κ1) is 36.6. The van der Waals surface area contributed by atoms with Crippen molar-refractivity contribution in [3.05, 3.63) is 65.2 Å². The number of hydrogen-bond donors (Lipinski definition) is 2. The molecule has 2 aliphatic rings. The first-order valence-corrected chi connectivity index (χ1v) is 15.3. The second-order valence-electron chi connectivity index (χ2n) is 12.5. The Balaban J connectivity index is 1.52. The van der Waals surface area contributed by atoms with Gasteiger partial charge >= 0.3 is 18.4 Å². The Morgan fingerprint density at radius 2 is 1.62 bits per heavy atom. The molecule has 0 radical (unpaired) electrons. The number of piperazine rings is 1. The molecule has 0 aromatic heterocycles. The number of ether oxygens (including phenoxy) is 1. The highest BCUT2D eigenvalue weighted by molar-refractivity contribution is 6.09. The van der Waals surface area contributed by atoms with Crippen LogP contribution in [0.2, 0.25) is 0 Å². The Morgan fingerprint density at radius 3 is 2.17 bits per heavy atom. The van der Waals surface area contributed by atoms with Crippen molar-refractivity contribution >= 4 is 29.6 Å². The van der Waals surface area contributed by atoms with Gasteiger partial charge in [-0.2, -0.15) is 26.3 Å². The number of nitrogens with zero attached hydrogens (tertiary/aromatic N) is 3. The molecule has 0 saturated carbocycles. The van der Waals surface area contributed by atoms with Gasteiger partial charge in [-0.3, -0.25) is 14.5 Å². The number of alkyl halides is 6. The molecule has 0 aliphatic carbocycles. The predicted octanol–water partition coefficient (Wildman–Crippen LogP) is 5.71. The van der Waals surface area contributed by atoms with Gasteiger partial charge in [-0.05, 0) is 76.9 Å². The Labute approximate surface area is 274 Å². The molecule has 2 aromatic rings. The summed E-state index contributed by atoms with van der Waals surface area (Å²) < 4.78 is 87.1. The van der Waals surface area contributed by atoms with Crippen molar-refractivity contribution in [3.8, 4) is 5.75 Å². The maximum Gasteiger partial charge on any atom is 0.430 e. The third-order valence-electron chi connectivity index (χ3n) is 8.60. The first-order chi connectivity index (χ1) is 22.1. The van der Waals surface area contributed by atoms with Crippen LogP contribution in [-0.4, -0.2) is 82.9 Å². The van der Waals surface area contributed by atoms with Crippen molar-refractivity contribution in [1.82, 2.24) is 15.1 Å². The topological polar surface area (TPSA) is 102 Å². The van der Waals surface area contributed by atoms with Gasteiger partial charge in [-0.1, -0.05) is 30.4 Å². The number of amides is 4. The highest BCUT2D eigenvalue weighted by Crippen LogP contribution is 2.50. The average Bonchev–Trinajstić information content (AvgIpc) is 3.20. The summed E-state index contributed by atoms with van der Waals surface area (Å²) in [5.74, 6) is -0.556. The van der Waals surface area contributed by atoms with Gasteiger partial charge in [0.2, 0.25) is 5.91 Å². The Kier molecular flexibility index (Phi) is 9.88. The van der Waals surface area contributed by atoms with Crippen molar-refractivity contribution in [3.63, 3.8) is 0 Å². The summed E-state index contributed by atoms with van der Waals surface area (Å²) >= 11 is 0. The zero-order chi connectivity index (χ0) is 36.0. The number of aliphatic hydroxyl groups is 1. The first-order valence-electron chi connectivity index (χ1n) is 15.3. The summed E-state index contributed by atoms with van der Waals surface area (Å²) in [6, 6.07) is 7.25. The van der Waals surface area contributed by atoms with E-state index in [9.17, 15) is 45.8 Å². The molecule has 0 bridgehead atoms. The number of carbonyl (C=O) groups excluding carboxylic acids is 3. The minimum atomic E-state index is -6.04. The number of anilines is 1. The molecule has 9 nitrogen and oxygen atoms in total. The number of halogens is 6. The summed E-state index contributed by atoms with van der Waals surface area (Å²) in [4.78, 5) is 44.0. The van der Waals surface area contributed by atoms with Crippen LogP contribution in [0.3, 0.4) is 0 Å². The Hall–Kier alpha value is -4.27. The van der Waals surface area contributed by atoms with E-state index in [2.05, 4.69) is 5.32 Å². The molecule has 2 aliphatic heterocycles. The van der Waals surface area contributed by atoms with Gasteiger partial charge in [0.05, 0.1) is 6.10 Å². The molecule has 1 unspecified atom stereocenters. The van der Waals surface area contributed by atoms with Gasteiger partial charge in [0, 0.05) is 36.4 Å². The number of rotatable bonds is 8. The Bertz CT molecular complexity index is 1560. The molecule has 2 aromatic carbocycles. The van der Waals surface area contributed by atoms with Gasteiger partial charge in [0.15, 0.2) is 0 Å². The second kappa shape index (κ2) is 13.0. The zero-order valence-corrected chi connectivity index (χ0v) is 27.2. The van der Waals surface area contributed by atoms with Crippen molar-refractivity contribution in [1.29, 1.82) is 0 Å². The SMILES string of the molecule is CC=Cc1cc(C(O)(C(F)(F)F)C(F)(F)F)ccc1N1C[C@H](C)N(C(=O)CN2C(=O)N[C@](C)(c3ccc(OC(C)C)cc3)C2=O)CC1C. The van der Waals surface area contributed by atoms with E-state index in [0.29, 0.717) is 29.1 Å². The van der Waals surface area contributed by atoms with E-state index in [4.69, 9.17) is 4.74 Å². The molecule has 2 fully saturated rings. The van der Waals surface area contributed by atoms with Crippen molar-refractivity contribution in [2.45, 2.75) is 83.2 Å². The van der Waals surface area contributed by atoms with Crippen LogP contribution in [0, 0.1) is 0 Å². The number of allylic oxidation sites excluding steroid dienone is 1. The zero-order valence-electron chi connectivity index (χ0n) is 27.2. The number of carbonyl (C=O) groups is 3. The number of urea groups is 1. The minimum Gasteiger partial charge on any atom is -0.491 e. The van der Waals surface area contributed by atoms with Crippen LogP contribution >= 0.6 is 0 Å². The predicted molar refractivity (Wildman–Crippen MR) is 165 cm³/mol. The van der Waals surface area contributed by atoms with Gasteiger partial charge in [-0.25, -0.2) is 4.79 Å². The molecule has 3 atom stereocenters. The van der Waals surface area contributed by atoms with Crippen molar-refractivity contribution < 1.29 is 50.6 Å². The molecule has 4 amide bonds. The fraction of sp³-hybridized carbons (Fsp3) is 0.485. The van der Waals surface area contributed by atoms with Crippen LogP contribution in [0.25, 0.3) is 6.08 Å². The lowest BCUT2D eigenvalue weighted by atomic mass is 9.89. The van der Waals surface area contributed by atoms with E-state index in [0.717, 1.165) is 11.0 Å². The van der Waals surface area contributed by atoms with E-state index in [1.807, 2.05) is 13.8 Å². The van der Waals surface area contributed by atoms with Crippen molar-refractivity contribution in [2.24, 2.45) is 0 Å². The molecule has 2 N–H and O–H groups in total. The van der Waals surface area contributed by atoms with Crippen LogP contribution in [-0.2, 0) is 20.7 Å². The van der Waals surface area contributed by atoms with Gasteiger partial charge in [-0.15, -0.1) is 0 Å².